The van der Waals surface area contributed by atoms with Crippen LogP contribution in [0, 0.1) is 11.7 Å². The van der Waals surface area contributed by atoms with Gasteiger partial charge in [-0.2, -0.15) is 0 Å². The number of carbonyl (C=O) groups is 2. The van der Waals surface area contributed by atoms with E-state index in [4.69, 9.17) is 5.11 Å². The molecule has 0 radical (unpaired) electrons. The van der Waals surface area contributed by atoms with Gasteiger partial charge in [0.1, 0.15) is 5.82 Å². The first-order valence-electron chi connectivity index (χ1n) is 5.51. The summed E-state index contributed by atoms with van der Waals surface area (Å²) in [7, 11) is 1.47. The van der Waals surface area contributed by atoms with E-state index in [1.54, 1.807) is 0 Å². The third-order valence-corrected chi connectivity index (χ3v) is 3.18. The van der Waals surface area contributed by atoms with Crippen LogP contribution < -0.4 is 5.32 Å². The molecule has 0 aromatic heterocycles. The van der Waals surface area contributed by atoms with E-state index in [0.29, 0.717) is 10.2 Å². The fourth-order valence-corrected chi connectivity index (χ4v) is 1.72. The third-order valence-electron chi connectivity index (χ3n) is 2.49. The molecule has 0 bridgehead atoms. The predicted octanol–water partition coefficient (Wildman–Crippen LogP) is 2.77. The highest BCUT2D eigenvalue weighted by atomic mass is 79.9. The highest BCUT2D eigenvalue weighted by molar-refractivity contribution is 9.10. The van der Waals surface area contributed by atoms with Crippen LogP contribution in [0.25, 0.3) is 0 Å². The van der Waals surface area contributed by atoms with Gasteiger partial charge in [0.15, 0.2) is 0 Å². The summed E-state index contributed by atoms with van der Waals surface area (Å²) in [6, 6.07) is 3.41. The standard InChI is InChI=1S/C12H14BrFN2O3/c1-7(11(17)18)6-16(2)12(19)15-10-5-8(14)3-4-9(10)13/h3-5,7H,6H2,1-2H3,(H,15,19)(H,17,18). The van der Waals surface area contributed by atoms with E-state index < -0.39 is 23.7 Å². The molecule has 0 heterocycles. The van der Waals surface area contributed by atoms with Crippen LogP contribution in [-0.4, -0.2) is 35.6 Å². The van der Waals surface area contributed by atoms with Gasteiger partial charge < -0.3 is 15.3 Å². The Balaban J connectivity index is 2.68. The molecule has 0 saturated carbocycles. The van der Waals surface area contributed by atoms with Crippen LogP contribution in [-0.2, 0) is 4.79 Å². The van der Waals surface area contributed by atoms with E-state index in [1.807, 2.05) is 0 Å². The largest absolute Gasteiger partial charge is 0.481 e. The first kappa shape index (κ1) is 15.4. The van der Waals surface area contributed by atoms with Gasteiger partial charge in [-0.15, -0.1) is 0 Å². The molecule has 1 rings (SSSR count). The minimum Gasteiger partial charge on any atom is -0.481 e. The normalized spacial score (nSPS) is 11.8. The maximum Gasteiger partial charge on any atom is 0.321 e. The van der Waals surface area contributed by atoms with E-state index in [2.05, 4.69) is 21.2 Å². The second-order valence-corrected chi connectivity index (χ2v) is 5.03. The Hall–Kier alpha value is -1.63. The minimum absolute atomic E-state index is 0.0636. The van der Waals surface area contributed by atoms with Crippen molar-refractivity contribution in [1.82, 2.24) is 4.90 Å². The van der Waals surface area contributed by atoms with Crippen molar-refractivity contribution in [2.24, 2.45) is 5.92 Å². The number of carboxylic acids is 1. The van der Waals surface area contributed by atoms with Crippen molar-refractivity contribution in [3.05, 3.63) is 28.5 Å². The number of amides is 2. The number of urea groups is 1. The van der Waals surface area contributed by atoms with Crippen molar-refractivity contribution in [2.45, 2.75) is 6.92 Å². The summed E-state index contributed by atoms with van der Waals surface area (Å²) in [5.41, 5.74) is 0.292. The third kappa shape index (κ3) is 4.51. The molecule has 0 spiro atoms. The summed E-state index contributed by atoms with van der Waals surface area (Å²) >= 11 is 3.19. The number of nitrogens with one attached hydrogen (secondary N) is 1. The number of carbonyl (C=O) groups excluding carboxylic acids is 1. The summed E-state index contributed by atoms with van der Waals surface area (Å²) in [5, 5.41) is 11.3. The molecule has 7 heteroatoms. The smallest absolute Gasteiger partial charge is 0.321 e. The van der Waals surface area contributed by atoms with Crippen molar-refractivity contribution < 1.29 is 19.1 Å². The van der Waals surface area contributed by atoms with Crippen LogP contribution in [0.2, 0.25) is 0 Å². The molecule has 0 aliphatic carbocycles. The molecular weight excluding hydrogens is 319 g/mol. The van der Waals surface area contributed by atoms with Gasteiger partial charge in [-0.25, -0.2) is 9.18 Å². The van der Waals surface area contributed by atoms with Crippen LogP contribution in [0.4, 0.5) is 14.9 Å². The quantitative estimate of drug-likeness (QED) is 0.890. The SMILES string of the molecule is CC(CN(C)C(=O)Nc1cc(F)ccc1Br)C(=O)O. The Labute approximate surface area is 118 Å². The number of nitrogens with zero attached hydrogens (tertiary/aromatic N) is 1. The molecule has 1 aromatic rings. The molecule has 2 amide bonds. The summed E-state index contributed by atoms with van der Waals surface area (Å²) in [6.07, 6.45) is 0. The number of rotatable bonds is 4. The van der Waals surface area contributed by atoms with Crippen LogP contribution in [0.5, 0.6) is 0 Å². The van der Waals surface area contributed by atoms with E-state index in [-0.39, 0.29) is 6.54 Å². The lowest BCUT2D eigenvalue weighted by atomic mass is 10.2. The molecule has 0 saturated heterocycles. The number of carboxylic acid groups (broad SMARTS) is 1. The summed E-state index contributed by atoms with van der Waals surface area (Å²) in [6.45, 7) is 1.57. The van der Waals surface area contributed by atoms with Crippen LogP contribution in [0.3, 0.4) is 0 Å². The average molecular weight is 333 g/mol. The van der Waals surface area contributed by atoms with Gasteiger partial charge in [-0.3, -0.25) is 4.79 Å². The molecule has 0 aliphatic rings. The molecule has 2 N–H and O–H groups in total. The fourth-order valence-electron chi connectivity index (χ4n) is 1.38. The first-order chi connectivity index (χ1) is 8.81. The lowest BCUT2D eigenvalue weighted by Gasteiger charge is -2.20. The van der Waals surface area contributed by atoms with Gasteiger partial charge in [0, 0.05) is 18.1 Å². The van der Waals surface area contributed by atoms with E-state index in [1.165, 1.54) is 37.1 Å². The zero-order valence-electron chi connectivity index (χ0n) is 10.5. The van der Waals surface area contributed by atoms with Gasteiger partial charge in [0.2, 0.25) is 0 Å². The van der Waals surface area contributed by atoms with Gasteiger partial charge >= 0.3 is 12.0 Å². The number of halogens is 2. The van der Waals surface area contributed by atoms with E-state index in [0.717, 1.165) is 0 Å². The minimum atomic E-state index is -0.980. The maximum absolute atomic E-state index is 13.1. The number of hydrogen-bond acceptors (Lipinski definition) is 2. The average Bonchev–Trinajstić information content (AvgIpc) is 2.33. The van der Waals surface area contributed by atoms with E-state index >= 15 is 0 Å². The zero-order chi connectivity index (χ0) is 14.6. The van der Waals surface area contributed by atoms with Crippen molar-refractivity contribution in [3.8, 4) is 0 Å². The molecule has 104 valence electrons. The fraction of sp³-hybridized carbons (Fsp3) is 0.333. The van der Waals surface area contributed by atoms with Crippen LogP contribution in [0.15, 0.2) is 22.7 Å². The Bertz CT molecular complexity index is 496. The molecular formula is C12H14BrFN2O3. The molecule has 1 aromatic carbocycles. The highest BCUT2D eigenvalue weighted by Gasteiger charge is 2.18. The Morgan fingerprint density at radius 2 is 2.16 bits per heavy atom. The topological polar surface area (TPSA) is 69.6 Å². The summed E-state index contributed by atoms with van der Waals surface area (Å²) < 4.78 is 13.6. The van der Waals surface area contributed by atoms with Gasteiger partial charge in [0.05, 0.1) is 11.6 Å². The number of anilines is 1. The Morgan fingerprint density at radius 1 is 1.53 bits per heavy atom. The molecule has 0 fully saturated rings. The van der Waals surface area contributed by atoms with Crippen molar-refractivity contribution >= 4 is 33.6 Å². The monoisotopic (exact) mass is 332 g/mol. The predicted molar refractivity (Wildman–Crippen MR) is 72.5 cm³/mol. The lowest BCUT2D eigenvalue weighted by Crippen LogP contribution is -2.36. The molecule has 5 nitrogen and oxygen atoms in total. The van der Waals surface area contributed by atoms with Gasteiger partial charge in [-0.1, -0.05) is 6.92 Å². The lowest BCUT2D eigenvalue weighted by molar-refractivity contribution is -0.141. The van der Waals surface area contributed by atoms with E-state index in [9.17, 15) is 14.0 Å². The van der Waals surface area contributed by atoms with Gasteiger partial charge in [0.25, 0.3) is 0 Å². The number of hydrogen-bond donors (Lipinski definition) is 2. The Morgan fingerprint density at radius 3 is 2.74 bits per heavy atom. The second-order valence-electron chi connectivity index (χ2n) is 4.17. The van der Waals surface area contributed by atoms with Crippen LogP contribution >= 0.6 is 15.9 Å². The van der Waals surface area contributed by atoms with Crippen molar-refractivity contribution in [3.63, 3.8) is 0 Å². The van der Waals surface area contributed by atoms with Gasteiger partial charge in [-0.05, 0) is 34.1 Å². The van der Waals surface area contributed by atoms with Crippen LogP contribution in [0.1, 0.15) is 6.92 Å². The summed E-state index contributed by atoms with van der Waals surface area (Å²) in [4.78, 5) is 23.7. The molecule has 1 unspecified atom stereocenters. The zero-order valence-corrected chi connectivity index (χ0v) is 12.1. The highest BCUT2D eigenvalue weighted by Crippen LogP contribution is 2.23. The number of benzene rings is 1. The van der Waals surface area contributed by atoms with Crippen molar-refractivity contribution in [2.75, 3.05) is 18.9 Å². The first-order valence-corrected chi connectivity index (χ1v) is 6.30. The molecule has 1 atom stereocenters. The molecule has 0 aliphatic heterocycles. The second kappa shape index (κ2) is 6.51. The Kier molecular flexibility index (Phi) is 5.29. The summed E-state index contributed by atoms with van der Waals surface area (Å²) in [5.74, 6) is -2.13. The molecule has 19 heavy (non-hydrogen) atoms. The maximum atomic E-state index is 13.1. The van der Waals surface area contributed by atoms with Crippen molar-refractivity contribution in [1.29, 1.82) is 0 Å². The number of aliphatic carboxylic acids is 1.